The molecule has 2 saturated heterocycles. The van der Waals surface area contributed by atoms with Gasteiger partial charge < -0.3 is 16.0 Å². The number of hydrogen-bond acceptors (Lipinski definition) is 3. The van der Waals surface area contributed by atoms with Gasteiger partial charge in [-0.1, -0.05) is 6.92 Å². The average molecular weight is 226 g/mol. The number of piperazine rings is 1. The van der Waals surface area contributed by atoms with E-state index < -0.39 is 0 Å². The molecule has 90 valence electrons. The lowest BCUT2D eigenvalue weighted by Crippen LogP contribution is -2.57. The van der Waals surface area contributed by atoms with Crippen molar-refractivity contribution in [3.63, 3.8) is 0 Å². The minimum Gasteiger partial charge on any atom is -0.368 e. The monoisotopic (exact) mass is 226 g/mol. The molecule has 0 spiro atoms. The molecular formula is C10H18N4O2. The van der Waals surface area contributed by atoms with Gasteiger partial charge in [0.05, 0.1) is 12.1 Å². The molecule has 0 radical (unpaired) electrons. The van der Waals surface area contributed by atoms with E-state index in [1.54, 1.807) is 0 Å². The van der Waals surface area contributed by atoms with E-state index in [4.69, 9.17) is 5.73 Å². The highest BCUT2D eigenvalue weighted by Crippen LogP contribution is 2.17. The molecule has 3 amide bonds. The summed E-state index contributed by atoms with van der Waals surface area (Å²) in [5, 5.41) is 2.81. The molecule has 0 saturated carbocycles. The van der Waals surface area contributed by atoms with Gasteiger partial charge in [-0.25, -0.2) is 4.79 Å². The number of nitrogens with zero attached hydrogens (tertiary/aromatic N) is 2. The van der Waals surface area contributed by atoms with Gasteiger partial charge in [-0.3, -0.25) is 9.69 Å². The predicted molar refractivity (Wildman–Crippen MR) is 58.7 cm³/mol. The number of amides is 3. The number of fused-ring (bicyclic) bond motifs is 1. The quantitative estimate of drug-likeness (QED) is 0.645. The van der Waals surface area contributed by atoms with Crippen molar-refractivity contribution < 1.29 is 9.59 Å². The van der Waals surface area contributed by atoms with Crippen molar-refractivity contribution >= 4 is 11.9 Å². The Morgan fingerprint density at radius 1 is 1.62 bits per heavy atom. The van der Waals surface area contributed by atoms with Gasteiger partial charge >= 0.3 is 6.03 Å². The van der Waals surface area contributed by atoms with Crippen LogP contribution < -0.4 is 11.1 Å². The Labute approximate surface area is 94.7 Å². The van der Waals surface area contributed by atoms with Crippen molar-refractivity contribution in [3.8, 4) is 0 Å². The molecule has 2 aliphatic heterocycles. The summed E-state index contributed by atoms with van der Waals surface area (Å²) in [5.74, 6) is -0.270. The lowest BCUT2D eigenvalue weighted by Gasteiger charge is -2.39. The molecule has 0 aromatic carbocycles. The number of urea groups is 1. The van der Waals surface area contributed by atoms with Crippen molar-refractivity contribution in [2.24, 2.45) is 5.73 Å². The van der Waals surface area contributed by atoms with Gasteiger partial charge in [-0.15, -0.1) is 0 Å². The third-order valence-electron chi connectivity index (χ3n) is 3.42. The van der Waals surface area contributed by atoms with Crippen LogP contribution in [0.5, 0.6) is 0 Å². The summed E-state index contributed by atoms with van der Waals surface area (Å²) in [6, 6.07) is 0.00396. The molecule has 2 aliphatic rings. The smallest absolute Gasteiger partial charge is 0.317 e. The highest BCUT2D eigenvalue weighted by molar-refractivity contribution is 5.80. The minimum atomic E-state index is -0.270. The second-order valence-electron chi connectivity index (χ2n) is 4.35. The second kappa shape index (κ2) is 4.29. The summed E-state index contributed by atoms with van der Waals surface area (Å²) in [4.78, 5) is 26.6. The number of nitrogens with one attached hydrogen (secondary N) is 1. The summed E-state index contributed by atoms with van der Waals surface area (Å²) < 4.78 is 0. The van der Waals surface area contributed by atoms with Crippen LogP contribution in [0.4, 0.5) is 4.79 Å². The van der Waals surface area contributed by atoms with Gasteiger partial charge in [0.15, 0.2) is 0 Å². The van der Waals surface area contributed by atoms with Crippen LogP contribution in [0.15, 0.2) is 0 Å². The summed E-state index contributed by atoms with van der Waals surface area (Å²) in [6.45, 7) is 4.77. The fourth-order valence-corrected chi connectivity index (χ4v) is 2.55. The number of hydrogen-bond donors (Lipinski definition) is 2. The van der Waals surface area contributed by atoms with Gasteiger partial charge in [0.25, 0.3) is 0 Å². The van der Waals surface area contributed by atoms with Gasteiger partial charge in [-0.05, 0) is 6.42 Å². The van der Waals surface area contributed by atoms with Crippen LogP contribution in [-0.4, -0.2) is 60.0 Å². The molecule has 3 N–H and O–H groups in total. The fraction of sp³-hybridized carbons (Fsp3) is 0.800. The Hall–Kier alpha value is -1.30. The third-order valence-corrected chi connectivity index (χ3v) is 3.42. The zero-order valence-corrected chi connectivity index (χ0v) is 9.48. The first-order valence-electron chi connectivity index (χ1n) is 5.71. The number of carbonyl (C=O) groups is 2. The molecule has 16 heavy (non-hydrogen) atoms. The lowest BCUT2D eigenvalue weighted by molar-refractivity contribution is -0.124. The highest BCUT2D eigenvalue weighted by atomic mass is 16.2. The van der Waals surface area contributed by atoms with Crippen molar-refractivity contribution in [1.82, 2.24) is 15.1 Å². The van der Waals surface area contributed by atoms with E-state index in [9.17, 15) is 9.59 Å². The van der Waals surface area contributed by atoms with Crippen LogP contribution in [0.25, 0.3) is 0 Å². The van der Waals surface area contributed by atoms with Crippen molar-refractivity contribution in [3.05, 3.63) is 0 Å². The molecule has 6 heteroatoms. The third kappa shape index (κ3) is 1.84. The maximum absolute atomic E-state index is 11.4. The molecule has 0 aliphatic carbocycles. The number of rotatable bonds is 3. The van der Waals surface area contributed by atoms with Crippen LogP contribution >= 0.6 is 0 Å². The largest absolute Gasteiger partial charge is 0.368 e. The van der Waals surface area contributed by atoms with Crippen LogP contribution in [0, 0.1) is 0 Å². The van der Waals surface area contributed by atoms with E-state index in [1.165, 1.54) is 0 Å². The van der Waals surface area contributed by atoms with E-state index >= 15 is 0 Å². The van der Waals surface area contributed by atoms with Crippen molar-refractivity contribution in [1.29, 1.82) is 0 Å². The summed E-state index contributed by atoms with van der Waals surface area (Å²) >= 11 is 0. The molecule has 6 nitrogen and oxygen atoms in total. The van der Waals surface area contributed by atoms with Gasteiger partial charge in [-0.2, -0.15) is 0 Å². The maximum Gasteiger partial charge on any atom is 0.317 e. The Morgan fingerprint density at radius 3 is 3.00 bits per heavy atom. The molecule has 2 atom stereocenters. The number of carbonyl (C=O) groups excluding carboxylic acids is 2. The first-order chi connectivity index (χ1) is 7.63. The zero-order valence-electron chi connectivity index (χ0n) is 9.48. The first-order valence-corrected chi connectivity index (χ1v) is 5.71. The molecule has 0 bridgehead atoms. The van der Waals surface area contributed by atoms with Gasteiger partial charge in [0.2, 0.25) is 5.91 Å². The Bertz CT molecular complexity index is 307. The summed E-state index contributed by atoms with van der Waals surface area (Å²) in [5.41, 5.74) is 5.37. The van der Waals surface area contributed by atoms with Crippen molar-refractivity contribution in [2.45, 2.75) is 25.4 Å². The highest BCUT2D eigenvalue weighted by Gasteiger charge is 2.38. The molecule has 0 aromatic heterocycles. The standard InChI is InChI=1S/C10H18N4O2/c1-2-8(9(11)15)13-3-4-14-7(6-13)5-12-10(14)16/h7-8H,2-6H2,1H3,(H2,11,15)(H,12,16). The number of nitrogens with two attached hydrogens (primary N) is 1. The Morgan fingerprint density at radius 2 is 2.38 bits per heavy atom. The van der Waals surface area contributed by atoms with Gasteiger partial charge in [0, 0.05) is 26.2 Å². The van der Waals surface area contributed by atoms with Crippen LogP contribution in [0.3, 0.4) is 0 Å². The molecule has 2 unspecified atom stereocenters. The second-order valence-corrected chi connectivity index (χ2v) is 4.35. The van der Waals surface area contributed by atoms with Crippen LogP contribution in [0.1, 0.15) is 13.3 Å². The van der Waals surface area contributed by atoms with E-state index in [0.717, 1.165) is 19.5 Å². The Kier molecular flexibility index (Phi) is 3.00. The van der Waals surface area contributed by atoms with E-state index in [2.05, 4.69) is 10.2 Å². The van der Waals surface area contributed by atoms with Crippen LogP contribution in [0.2, 0.25) is 0 Å². The average Bonchev–Trinajstić information content (AvgIpc) is 2.61. The van der Waals surface area contributed by atoms with E-state index in [-0.39, 0.29) is 24.0 Å². The lowest BCUT2D eigenvalue weighted by atomic mass is 10.1. The van der Waals surface area contributed by atoms with E-state index in [1.807, 2.05) is 11.8 Å². The van der Waals surface area contributed by atoms with Crippen molar-refractivity contribution in [2.75, 3.05) is 26.2 Å². The molecular weight excluding hydrogens is 208 g/mol. The maximum atomic E-state index is 11.4. The molecule has 0 aromatic rings. The molecule has 2 rings (SSSR count). The Balaban J connectivity index is 2.01. The van der Waals surface area contributed by atoms with E-state index in [0.29, 0.717) is 13.1 Å². The van der Waals surface area contributed by atoms with Gasteiger partial charge in [0.1, 0.15) is 0 Å². The SMILES string of the molecule is CCC(C(N)=O)N1CCN2C(=O)NCC2C1. The summed E-state index contributed by atoms with van der Waals surface area (Å²) in [6.07, 6.45) is 0.726. The topological polar surface area (TPSA) is 78.7 Å². The molecule has 2 fully saturated rings. The predicted octanol–water partition coefficient (Wildman–Crippen LogP) is -1.04. The first kappa shape index (κ1) is 11.2. The fourth-order valence-electron chi connectivity index (χ4n) is 2.55. The zero-order chi connectivity index (χ0) is 11.7. The molecule has 2 heterocycles. The summed E-state index contributed by atoms with van der Waals surface area (Å²) in [7, 11) is 0. The minimum absolute atomic E-state index is 0.0109. The normalized spacial score (nSPS) is 27.4. The van der Waals surface area contributed by atoms with Crippen LogP contribution in [-0.2, 0) is 4.79 Å². The number of primary amides is 1.